The molecule has 1 aliphatic heterocycles. The molecule has 5 heteroatoms. The van der Waals surface area contributed by atoms with Gasteiger partial charge in [0.25, 0.3) is 5.91 Å². The third-order valence-corrected chi connectivity index (χ3v) is 4.78. The molecular weight excluding hydrogens is 297 g/mol. The predicted molar refractivity (Wildman–Crippen MR) is 83.2 cm³/mol. The molecule has 1 aliphatic carbocycles. The number of hydrogen-bond acceptors (Lipinski definition) is 3. The number of amides is 1. The van der Waals surface area contributed by atoms with Crippen LogP contribution in [0.15, 0.2) is 35.6 Å². The fourth-order valence-corrected chi connectivity index (χ4v) is 3.66. The number of halogens is 1. The molecule has 1 N–H and O–H groups in total. The van der Waals surface area contributed by atoms with Crippen LogP contribution in [0.2, 0.25) is 0 Å². The quantitative estimate of drug-likeness (QED) is 0.925. The second kappa shape index (κ2) is 6.14. The highest BCUT2D eigenvalue weighted by molar-refractivity contribution is 6.09. The smallest absolute Gasteiger partial charge is 0.290 e. The fraction of sp³-hybridized carbons (Fsp3) is 0.444. The molecule has 1 heterocycles. The van der Waals surface area contributed by atoms with Crippen molar-refractivity contribution in [2.45, 2.75) is 51.1 Å². The molecule has 1 atom stereocenters. The average Bonchev–Trinajstić information content (AvgIpc) is 3.15. The van der Waals surface area contributed by atoms with Gasteiger partial charge in [-0.1, -0.05) is 38.0 Å². The zero-order chi connectivity index (χ0) is 16.6. The lowest BCUT2D eigenvalue weighted by molar-refractivity contribution is -0.131. The Morgan fingerprint density at radius 1 is 1.30 bits per heavy atom. The minimum Gasteiger partial charge on any atom is -0.503 e. The summed E-state index contributed by atoms with van der Waals surface area (Å²) in [7, 11) is 0. The third kappa shape index (κ3) is 2.54. The molecule has 1 aromatic rings. The van der Waals surface area contributed by atoms with Crippen molar-refractivity contribution < 1.29 is 19.1 Å². The van der Waals surface area contributed by atoms with Crippen molar-refractivity contribution >= 4 is 11.7 Å². The summed E-state index contributed by atoms with van der Waals surface area (Å²) in [4.78, 5) is 26.4. The Bertz CT molecular complexity index is 677. The Morgan fingerprint density at radius 2 is 1.96 bits per heavy atom. The standard InChI is InChI=1S/C18H20FNO3/c1-2-14(21)15-16(12-9-5-6-10-13(12)19)20(18(23)17(15)22)11-7-3-4-8-11/h5-6,9-11,16,22H,2-4,7-8H2,1H3. The maximum Gasteiger partial charge on any atom is 0.290 e. The van der Waals surface area contributed by atoms with Gasteiger partial charge in [0.15, 0.2) is 11.5 Å². The van der Waals surface area contributed by atoms with Gasteiger partial charge in [-0.2, -0.15) is 0 Å². The van der Waals surface area contributed by atoms with Gasteiger partial charge in [-0.05, 0) is 18.9 Å². The lowest BCUT2D eigenvalue weighted by Crippen LogP contribution is -2.39. The number of hydrogen-bond donors (Lipinski definition) is 1. The van der Waals surface area contributed by atoms with Crippen LogP contribution in [0.25, 0.3) is 0 Å². The van der Waals surface area contributed by atoms with Crippen LogP contribution in [0.1, 0.15) is 50.6 Å². The summed E-state index contributed by atoms with van der Waals surface area (Å²) in [5.74, 6) is -1.85. The number of rotatable bonds is 4. The largest absolute Gasteiger partial charge is 0.503 e. The molecule has 3 rings (SSSR count). The normalized spacial score (nSPS) is 22.3. The van der Waals surface area contributed by atoms with E-state index in [0.717, 1.165) is 25.7 Å². The van der Waals surface area contributed by atoms with Gasteiger partial charge in [-0.25, -0.2) is 4.39 Å². The first-order valence-corrected chi connectivity index (χ1v) is 8.09. The van der Waals surface area contributed by atoms with Gasteiger partial charge in [-0.3, -0.25) is 9.59 Å². The van der Waals surface area contributed by atoms with E-state index in [0.29, 0.717) is 0 Å². The topological polar surface area (TPSA) is 57.6 Å². The van der Waals surface area contributed by atoms with Crippen molar-refractivity contribution in [1.82, 2.24) is 4.90 Å². The Hall–Kier alpha value is -2.17. The summed E-state index contributed by atoms with van der Waals surface area (Å²) >= 11 is 0. The summed E-state index contributed by atoms with van der Waals surface area (Å²) in [5.41, 5.74) is 0.308. The van der Waals surface area contributed by atoms with E-state index >= 15 is 0 Å². The van der Waals surface area contributed by atoms with Gasteiger partial charge in [0.2, 0.25) is 0 Å². The first-order valence-electron chi connectivity index (χ1n) is 8.09. The Labute approximate surface area is 134 Å². The van der Waals surface area contributed by atoms with Gasteiger partial charge in [0, 0.05) is 18.0 Å². The molecular formula is C18H20FNO3. The number of benzene rings is 1. The van der Waals surface area contributed by atoms with E-state index in [4.69, 9.17) is 0 Å². The van der Waals surface area contributed by atoms with Crippen LogP contribution >= 0.6 is 0 Å². The molecule has 0 radical (unpaired) electrons. The van der Waals surface area contributed by atoms with Crippen molar-refractivity contribution in [1.29, 1.82) is 0 Å². The highest BCUT2D eigenvalue weighted by Crippen LogP contribution is 2.43. The molecule has 2 aliphatic rings. The van der Waals surface area contributed by atoms with Crippen LogP contribution in [0, 0.1) is 5.82 Å². The maximum absolute atomic E-state index is 14.3. The SMILES string of the molecule is CCC(=O)C1=C(O)C(=O)N(C2CCCC2)C1c1ccccc1F. The van der Waals surface area contributed by atoms with Gasteiger partial charge in [-0.15, -0.1) is 0 Å². The minimum atomic E-state index is -0.820. The molecule has 0 aromatic heterocycles. The van der Waals surface area contributed by atoms with Crippen molar-refractivity contribution in [2.75, 3.05) is 0 Å². The Kier molecular flexibility index (Phi) is 4.20. The van der Waals surface area contributed by atoms with E-state index in [1.165, 1.54) is 11.0 Å². The maximum atomic E-state index is 14.3. The number of Topliss-reactive ketones (excluding diaryl/α,β-unsaturated/α-hetero) is 1. The van der Waals surface area contributed by atoms with Crippen LogP contribution in [0.5, 0.6) is 0 Å². The summed E-state index contributed by atoms with van der Waals surface area (Å²) in [6.07, 6.45) is 3.79. The molecule has 0 saturated heterocycles. The van der Waals surface area contributed by atoms with Crippen LogP contribution in [0.4, 0.5) is 4.39 Å². The van der Waals surface area contributed by atoms with Gasteiger partial charge >= 0.3 is 0 Å². The summed E-state index contributed by atoms with van der Waals surface area (Å²) in [5, 5.41) is 10.3. The molecule has 1 saturated carbocycles. The molecule has 1 aromatic carbocycles. The second-order valence-electron chi connectivity index (χ2n) is 6.11. The average molecular weight is 317 g/mol. The van der Waals surface area contributed by atoms with Gasteiger partial charge < -0.3 is 10.0 Å². The van der Waals surface area contributed by atoms with Crippen LogP contribution in [-0.2, 0) is 9.59 Å². The number of nitrogens with zero attached hydrogens (tertiary/aromatic N) is 1. The molecule has 0 spiro atoms. The number of carbonyl (C=O) groups is 2. The lowest BCUT2D eigenvalue weighted by Gasteiger charge is -2.32. The first-order chi connectivity index (χ1) is 11.1. The number of carbonyl (C=O) groups excluding carboxylic acids is 2. The minimum absolute atomic E-state index is 0.0366. The van der Waals surface area contributed by atoms with E-state index < -0.39 is 23.5 Å². The number of aliphatic hydroxyl groups is 1. The predicted octanol–water partition coefficient (Wildman–Crippen LogP) is 3.44. The second-order valence-corrected chi connectivity index (χ2v) is 6.11. The van der Waals surface area contributed by atoms with Gasteiger partial charge in [0.1, 0.15) is 5.82 Å². The summed E-state index contributed by atoms with van der Waals surface area (Å²) in [6.45, 7) is 1.67. The van der Waals surface area contributed by atoms with E-state index in [1.807, 2.05) is 0 Å². The third-order valence-electron chi connectivity index (χ3n) is 4.78. The van der Waals surface area contributed by atoms with Crippen LogP contribution < -0.4 is 0 Å². The summed E-state index contributed by atoms with van der Waals surface area (Å²) in [6, 6.07) is 5.27. The van der Waals surface area contributed by atoms with E-state index in [9.17, 15) is 19.1 Å². The molecule has 1 unspecified atom stereocenters. The molecule has 1 amide bonds. The zero-order valence-corrected chi connectivity index (χ0v) is 13.1. The lowest BCUT2D eigenvalue weighted by atomic mass is 9.94. The zero-order valence-electron chi connectivity index (χ0n) is 13.1. The van der Waals surface area contributed by atoms with Crippen LogP contribution in [-0.4, -0.2) is 27.7 Å². The highest BCUT2D eigenvalue weighted by atomic mass is 19.1. The molecule has 1 fully saturated rings. The van der Waals surface area contributed by atoms with Crippen molar-refractivity contribution in [3.8, 4) is 0 Å². The van der Waals surface area contributed by atoms with E-state index in [-0.39, 0.29) is 29.4 Å². The molecule has 4 nitrogen and oxygen atoms in total. The Morgan fingerprint density at radius 3 is 2.57 bits per heavy atom. The first kappa shape index (κ1) is 15.7. The van der Waals surface area contributed by atoms with Crippen LogP contribution in [0.3, 0.4) is 0 Å². The molecule has 0 bridgehead atoms. The number of aliphatic hydroxyl groups excluding tert-OH is 1. The highest BCUT2D eigenvalue weighted by Gasteiger charge is 2.47. The van der Waals surface area contributed by atoms with E-state index in [2.05, 4.69) is 0 Å². The monoisotopic (exact) mass is 317 g/mol. The van der Waals surface area contributed by atoms with Crippen molar-refractivity contribution in [3.63, 3.8) is 0 Å². The van der Waals surface area contributed by atoms with E-state index in [1.54, 1.807) is 25.1 Å². The number of ketones is 1. The molecule has 23 heavy (non-hydrogen) atoms. The van der Waals surface area contributed by atoms with Crippen molar-refractivity contribution in [3.05, 3.63) is 47.0 Å². The Balaban J connectivity index is 2.12. The van der Waals surface area contributed by atoms with Gasteiger partial charge in [0.05, 0.1) is 11.6 Å². The molecule has 122 valence electrons. The fourth-order valence-electron chi connectivity index (χ4n) is 3.66. The van der Waals surface area contributed by atoms with Crippen molar-refractivity contribution in [2.24, 2.45) is 0 Å². The summed E-state index contributed by atoms with van der Waals surface area (Å²) < 4.78 is 14.3.